The Morgan fingerprint density at radius 3 is 1.63 bits per heavy atom. The van der Waals surface area contributed by atoms with Crippen molar-refractivity contribution in [3.05, 3.63) is 144 Å². The van der Waals surface area contributed by atoms with Crippen molar-refractivity contribution in [2.45, 2.75) is 94.6 Å². The fraction of sp³-hybridized carbons (Fsp3) is 0.378. The van der Waals surface area contributed by atoms with E-state index < -0.39 is 104 Å². The van der Waals surface area contributed by atoms with Crippen LogP contribution >= 0.6 is 0 Å². The predicted molar refractivity (Wildman–Crippen MR) is 207 cm³/mol. The molecule has 316 valence electrons. The van der Waals surface area contributed by atoms with Gasteiger partial charge >= 0.3 is 23.9 Å². The highest BCUT2D eigenvalue weighted by atomic mass is 19.1. The molecule has 14 nitrogen and oxygen atoms in total. The van der Waals surface area contributed by atoms with Crippen LogP contribution in [0, 0.1) is 0 Å². The molecule has 0 radical (unpaired) electrons. The molecule has 10 atom stereocenters. The first-order valence-corrected chi connectivity index (χ1v) is 19.4. The molecule has 60 heavy (non-hydrogen) atoms. The van der Waals surface area contributed by atoms with E-state index in [2.05, 4.69) is 0 Å². The lowest BCUT2D eigenvalue weighted by Crippen LogP contribution is -2.66. The third-order valence-electron chi connectivity index (χ3n) is 9.92. The molecule has 0 bridgehead atoms. The van der Waals surface area contributed by atoms with Crippen LogP contribution in [-0.2, 0) is 58.8 Å². The van der Waals surface area contributed by atoms with E-state index in [4.69, 9.17) is 47.4 Å². The lowest BCUT2D eigenvalue weighted by molar-refractivity contribution is -0.348. The van der Waals surface area contributed by atoms with E-state index in [1.165, 1.54) is 24.3 Å². The van der Waals surface area contributed by atoms with E-state index >= 15 is 4.39 Å². The molecule has 0 aromatic heterocycles. The topological polar surface area (TPSA) is 161 Å². The summed E-state index contributed by atoms with van der Waals surface area (Å²) in [5.74, 6) is -4.51. The van der Waals surface area contributed by atoms with Crippen molar-refractivity contribution in [1.82, 2.24) is 0 Å². The van der Waals surface area contributed by atoms with Crippen LogP contribution in [0.1, 0.15) is 57.4 Å². The number of ether oxygens (including phenoxy) is 10. The molecule has 7 rings (SSSR count). The summed E-state index contributed by atoms with van der Waals surface area (Å²) in [4.78, 5) is 53.2. The fourth-order valence-electron chi connectivity index (χ4n) is 7.21. The van der Waals surface area contributed by atoms with Crippen molar-refractivity contribution < 1.29 is 70.9 Å². The molecule has 4 aromatic rings. The van der Waals surface area contributed by atoms with Crippen LogP contribution in [0.25, 0.3) is 0 Å². The standard InChI is InChI=1S/C45H45FO14/c1-27(47)53-34-32(24-46)54-44(38(57-42(50)31-22-14-7-15-23-31)36(34)56-41(49)30-20-12-6-13-21-30)58-35-33(26-51-40(48)29-18-10-5-11-19-29)55-43(39-37(35)59-45(2,3)60-39)52-25-28-16-8-4-9-17-28/h4-23,32-39,43-44H,24-26H2,1-3H3/t32-,33-,34+,35-,36+,37+,38-,39+,43+,44+/m1/s1. The highest BCUT2D eigenvalue weighted by Crippen LogP contribution is 2.41. The molecule has 0 N–H and O–H groups in total. The van der Waals surface area contributed by atoms with Gasteiger partial charge in [0, 0.05) is 6.92 Å². The molecule has 0 amide bonds. The first-order valence-electron chi connectivity index (χ1n) is 19.4. The summed E-state index contributed by atoms with van der Waals surface area (Å²) >= 11 is 0. The molecule has 0 unspecified atom stereocenters. The van der Waals surface area contributed by atoms with Gasteiger partial charge in [-0.3, -0.25) is 4.79 Å². The van der Waals surface area contributed by atoms with Crippen molar-refractivity contribution >= 4 is 23.9 Å². The SMILES string of the molecule is CC(=O)O[C@@H]1[C@H](OC(=O)c2ccccc2)[C@@H](OC(=O)c2ccccc2)[C@H](O[C@H]2[C@@H]3OC(C)(C)O[C@@H]3[C@@H](OCc3ccccc3)O[C@@H]2COC(=O)c2ccccc2)O[C@@H]1CF. The van der Waals surface area contributed by atoms with Crippen molar-refractivity contribution in [3.8, 4) is 0 Å². The lowest BCUT2D eigenvalue weighted by atomic mass is 9.96. The van der Waals surface area contributed by atoms with E-state index in [0.717, 1.165) is 12.5 Å². The summed E-state index contributed by atoms with van der Waals surface area (Å²) in [7, 11) is 0. The van der Waals surface area contributed by atoms with Gasteiger partial charge in [0.25, 0.3) is 0 Å². The third kappa shape index (κ3) is 10.2. The molecule has 3 aliphatic rings. The minimum absolute atomic E-state index is 0.108. The minimum Gasteiger partial charge on any atom is -0.459 e. The minimum atomic E-state index is -1.74. The van der Waals surface area contributed by atoms with Crippen LogP contribution in [-0.4, -0.2) is 104 Å². The highest BCUT2D eigenvalue weighted by molar-refractivity contribution is 5.90. The third-order valence-corrected chi connectivity index (χ3v) is 9.92. The van der Waals surface area contributed by atoms with Gasteiger partial charge in [0.1, 0.15) is 43.8 Å². The molecule has 0 saturated carbocycles. The molecule has 3 heterocycles. The largest absolute Gasteiger partial charge is 0.459 e. The summed E-state index contributed by atoms with van der Waals surface area (Å²) in [6.45, 7) is 2.93. The van der Waals surface area contributed by atoms with Crippen molar-refractivity contribution in [2.75, 3.05) is 13.3 Å². The van der Waals surface area contributed by atoms with E-state index in [1.54, 1.807) is 80.6 Å². The quantitative estimate of drug-likeness (QED) is 0.111. The second-order valence-electron chi connectivity index (χ2n) is 14.7. The lowest BCUT2D eigenvalue weighted by Gasteiger charge is -2.47. The van der Waals surface area contributed by atoms with Gasteiger partial charge in [0.05, 0.1) is 23.3 Å². The summed E-state index contributed by atoms with van der Waals surface area (Å²) in [6, 6.07) is 33.5. The Balaban J connectivity index is 1.26. The van der Waals surface area contributed by atoms with Gasteiger partial charge in [-0.15, -0.1) is 0 Å². The van der Waals surface area contributed by atoms with Crippen molar-refractivity contribution in [3.63, 3.8) is 0 Å². The van der Waals surface area contributed by atoms with E-state index in [1.807, 2.05) is 30.3 Å². The van der Waals surface area contributed by atoms with Crippen LogP contribution in [0.4, 0.5) is 4.39 Å². The average molecular weight is 829 g/mol. The zero-order valence-corrected chi connectivity index (χ0v) is 33.0. The molecule has 4 aromatic carbocycles. The number of halogens is 1. The van der Waals surface area contributed by atoms with Crippen LogP contribution in [0.5, 0.6) is 0 Å². The van der Waals surface area contributed by atoms with E-state index in [9.17, 15) is 19.2 Å². The smallest absolute Gasteiger partial charge is 0.338 e. The van der Waals surface area contributed by atoms with Crippen LogP contribution in [0.15, 0.2) is 121 Å². The number of alkyl halides is 1. The molecule has 0 spiro atoms. The summed E-state index contributed by atoms with van der Waals surface area (Å²) < 4.78 is 76.7. The molecule has 3 fully saturated rings. The second kappa shape index (κ2) is 19.2. The van der Waals surface area contributed by atoms with Gasteiger partial charge in [0.15, 0.2) is 36.7 Å². The Morgan fingerprint density at radius 1 is 0.583 bits per heavy atom. The molecular formula is C45H45FO14. The summed E-state index contributed by atoms with van der Waals surface area (Å²) in [6.07, 6.45) is -13.8. The van der Waals surface area contributed by atoms with Gasteiger partial charge in [-0.2, -0.15) is 0 Å². The van der Waals surface area contributed by atoms with Gasteiger partial charge in [0.2, 0.25) is 0 Å². The normalized spacial score (nSPS) is 28.1. The maximum atomic E-state index is 15.1. The molecule has 3 aliphatic heterocycles. The summed E-state index contributed by atoms with van der Waals surface area (Å²) in [5.41, 5.74) is 1.34. The summed E-state index contributed by atoms with van der Waals surface area (Å²) in [5, 5.41) is 0. The highest BCUT2D eigenvalue weighted by Gasteiger charge is 2.60. The Bertz CT molecular complexity index is 2050. The maximum Gasteiger partial charge on any atom is 0.338 e. The zero-order valence-electron chi connectivity index (χ0n) is 33.0. The van der Waals surface area contributed by atoms with Crippen LogP contribution in [0.3, 0.4) is 0 Å². The number of esters is 4. The van der Waals surface area contributed by atoms with Gasteiger partial charge in [-0.05, 0) is 55.8 Å². The predicted octanol–water partition coefficient (Wildman–Crippen LogP) is 5.77. The van der Waals surface area contributed by atoms with Gasteiger partial charge < -0.3 is 47.4 Å². The van der Waals surface area contributed by atoms with Crippen molar-refractivity contribution in [2.24, 2.45) is 0 Å². The average Bonchev–Trinajstić information content (AvgIpc) is 3.60. The monoisotopic (exact) mass is 828 g/mol. The number of fused-ring (bicyclic) bond motifs is 1. The van der Waals surface area contributed by atoms with E-state index in [0.29, 0.717) is 0 Å². The van der Waals surface area contributed by atoms with E-state index in [-0.39, 0.29) is 23.3 Å². The Morgan fingerprint density at radius 2 is 1.08 bits per heavy atom. The maximum absolute atomic E-state index is 15.1. The number of hydrogen-bond acceptors (Lipinski definition) is 14. The molecule has 0 aliphatic carbocycles. The molecular weight excluding hydrogens is 783 g/mol. The van der Waals surface area contributed by atoms with Crippen molar-refractivity contribution in [1.29, 1.82) is 0 Å². The number of benzene rings is 4. The first-order chi connectivity index (χ1) is 29.0. The first kappa shape index (κ1) is 42.6. The Kier molecular flexibility index (Phi) is 13.6. The van der Waals surface area contributed by atoms with Gasteiger partial charge in [-0.25, -0.2) is 18.8 Å². The Labute approximate surface area is 345 Å². The van der Waals surface area contributed by atoms with Crippen LogP contribution < -0.4 is 0 Å². The Hall–Kier alpha value is -5.55. The van der Waals surface area contributed by atoms with Gasteiger partial charge in [-0.1, -0.05) is 84.9 Å². The molecule has 3 saturated heterocycles. The number of carbonyl (C=O) groups excluding carboxylic acids is 4. The molecule has 15 heteroatoms. The number of rotatable bonds is 14. The van der Waals surface area contributed by atoms with Crippen LogP contribution in [0.2, 0.25) is 0 Å². The second-order valence-corrected chi connectivity index (χ2v) is 14.7. The number of carbonyl (C=O) groups is 4. The zero-order chi connectivity index (χ0) is 42.2. The number of hydrogen-bond donors (Lipinski definition) is 0. The fourth-order valence-corrected chi connectivity index (χ4v) is 7.21.